The number of carbonyl (C=O) groups is 1. The molecule has 1 amide bonds. The van der Waals surface area contributed by atoms with E-state index in [0.29, 0.717) is 0 Å². The van der Waals surface area contributed by atoms with E-state index in [9.17, 15) is 4.79 Å². The first-order valence-electron chi connectivity index (χ1n) is 9.45. The average Bonchev–Trinajstić information content (AvgIpc) is 3.38. The summed E-state index contributed by atoms with van der Waals surface area (Å²) in [5, 5.41) is 6.16. The third kappa shape index (κ3) is 3.99. The third-order valence-electron chi connectivity index (χ3n) is 5.04. The number of anilines is 2. The summed E-state index contributed by atoms with van der Waals surface area (Å²) in [6.45, 7) is 3.20. The summed E-state index contributed by atoms with van der Waals surface area (Å²) in [5.74, 6) is 1.62. The van der Waals surface area contributed by atoms with E-state index < -0.39 is 0 Å². The number of rotatable bonds is 5. The fourth-order valence-corrected chi connectivity index (χ4v) is 3.58. The molecule has 0 bridgehead atoms. The number of carbonyl (C=O) groups excluding carboxylic acids is 1. The van der Waals surface area contributed by atoms with Gasteiger partial charge in [-0.05, 0) is 80.8 Å². The number of benzene rings is 2. The van der Waals surface area contributed by atoms with Crippen molar-refractivity contribution in [3.8, 4) is 11.5 Å². The third-order valence-corrected chi connectivity index (χ3v) is 5.04. The number of hydrogen-bond donors (Lipinski definition) is 2. The predicted octanol–water partition coefficient (Wildman–Crippen LogP) is 3.77. The first-order valence-corrected chi connectivity index (χ1v) is 9.45. The van der Waals surface area contributed by atoms with Crippen molar-refractivity contribution >= 4 is 17.3 Å². The molecule has 26 heavy (non-hydrogen) atoms. The fraction of sp³-hybridized carbons (Fsp3) is 0.381. The van der Waals surface area contributed by atoms with Crippen LogP contribution in [0.2, 0.25) is 0 Å². The Morgan fingerprint density at radius 1 is 0.962 bits per heavy atom. The lowest BCUT2D eigenvalue weighted by Gasteiger charge is -2.17. The minimum atomic E-state index is -0.0694. The van der Waals surface area contributed by atoms with E-state index in [1.807, 2.05) is 36.4 Å². The summed E-state index contributed by atoms with van der Waals surface area (Å²) in [4.78, 5) is 14.5. The molecule has 0 saturated carbocycles. The second-order valence-corrected chi connectivity index (χ2v) is 6.95. The van der Waals surface area contributed by atoms with Crippen molar-refractivity contribution in [2.75, 3.05) is 29.9 Å². The highest BCUT2D eigenvalue weighted by Gasteiger charge is 2.21. The molecule has 2 aliphatic heterocycles. The van der Waals surface area contributed by atoms with E-state index in [2.05, 4.69) is 27.7 Å². The smallest absolute Gasteiger partial charge is 0.241 e. The molecule has 0 aliphatic carbocycles. The van der Waals surface area contributed by atoms with E-state index in [1.165, 1.54) is 18.5 Å². The Bertz CT molecular complexity index is 731. The molecule has 1 atom stereocenters. The van der Waals surface area contributed by atoms with Crippen LogP contribution in [0.15, 0.2) is 48.5 Å². The maximum atomic E-state index is 12.1. The van der Waals surface area contributed by atoms with E-state index in [-0.39, 0.29) is 11.9 Å². The zero-order valence-corrected chi connectivity index (χ0v) is 14.9. The van der Waals surface area contributed by atoms with Crippen LogP contribution in [0.5, 0.6) is 11.5 Å². The van der Waals surface area contributed by atoms with E-state index in [1.54, 1.807) is 0 Å². The van der Waals surface area contributed by atoms with Gasteiger partial charge >= 0.3 is 0 Å². The molecule has 2 aromatic rings. The van der Waals surface area contributed by atoms with Gasteiger partial charge in [-0.25, -0.2) is 0 Å². The zero-order valence-electron chi connectivity index (χ0n) is 14.9. The Kier molecular flexibility index (Phi) is 5.07. The molecule has 0 spiro atoms. The minimum Gasteiger partial charge on any atom is -0.457 e. The summed E-state index contributed by atoms with van der Waals surface area (Å²) < 4.78 is 5.91. The molecule has 2 N–H and O–H groups in total. The fourth-order valence-electron chi connectivity index (χ4n) is 3.58. The molecule has 2 aromatic carbocycles. The van der Waals surface area contributed by atoms with Crippen LogP contribution in [-0.4, -0.2) is 31.6 Å². The highest BCUT2D eigenvalue weighted by atomic mass is 16.5. The van der Waals surface area contributed by atoms with Gasteiger partial charge in [0, 0.05) is 24.5 Å². The van der Waals surface area contributed by atoms with Crippen LogP contribution in [-0.2, 0) is 4.79 Å². The molecule has 136 valence electrons. The van der Waals surface area contributed by atoms with Crippen LogP contribution in [0, 0.1) is 0 Å². The summed E-state index contributed by atoms with van der Waals surface area (Å²) in [5.41, 5.74) is 2.05. The normalized spacial score (nSPS) is 19.5. The topological polar surface area (TPSA) is 53.6 Å². The molecule has 0 unspecified atom stereocenters. The summed E-state index contributed by atoms with van der Waals surface area (Å²) in [7, 11) is 0. The maximum absolute atomic E-state index is 12.1. The standard InChI is InChI=1S/C21H25N3O2/c25-21(20-4-3-13-22-20)23-16-5-9-18(10-6-16)26-19-11-7-17(8-12-19)24-14-1-2-15-24/h5-12,20,22H,1-4,13-15H2,(H,23,25)/t20-/m0/s1. The van der Waals surface area contributed by atoms with Crippen molar-refractivity contribution < 1.29 is 9.53 Å². The monoisotopic (exact) mass is 351 g/mol. The molecule has 0 radical (unpaired) electrons. The van der Waals surface area contributed by atoms with Gasteiger partial charge in [-0.1, -0.05) is 0 Å². The van der Waals surface area contributed by atoms with Gasteiger partial charge in [0.25, 0.3) is 0 Å². The van der Waals surface area contributed by atoms with Gasteiger partial charge in [0.05, 0.1) is 6.04 Å². The van der Waals surface area contributed by atoms with Gasteiger partial charge in [-0.15, -0.1) is 0 Å². The van der Waals surface area contributed by atoms with Crippen LogP contribution < -0.4 is 20.3 Å². The Morgan fingerprint density at radius 3 is 2.23 bits per heavy atom. The lowest BCUT2D eigenvalue weighted by Crippen LogP contribution is -2.35. The molecule has 0 aromatic heterocycles. The van der Waals surface area contributed by atoms with Gasteiger partial charge in [0.2, 0.25) is 5.91 Å². The zero-order chi connectivity index (χ0) is 17.8. The van der Waals surface area contributed by atoms with Crippen molar-refractivity contribution in [3.63, 3.8) is 0 Å². The molecule has 4 rings (SSSR count). The summed E-state index contributed by atoms with van der Waals surface area (Å²) in [6, 6.07) is 15.7. The van der Waals surface area contributed by atoms with E-state index in [4.69, 9.17) is 4.74 Å². The molecule has 2 saturated heterocycles. The highest BCUT2D eigenvalue weighted by Crippen LogP contribution is 2.27. The number of nitrogens with one attached hydrogen (secondary N) is 2. The van der Waals surface area contributed by atoms with Crippen LogP contribution in [0.4, 0.5) is 11.4 Å². The molecule has 2 aliphatic rings. The van der Waals surface area contributed by atoms with Crippen LogP contribution in [0.25, 0.3) is 0 Å². The Balaban J connectivity index is 1.34. The average molecular weight is 351 g/mol. The van der Waals surface area contributed by atoms with Crippen LogP contribution in [0.1, 0.15) is 25.7 Å². The van der Waals surface area contributed by atoms with Crippen LogP contribution in [0.3, 0.4) is 0 Å². The molecule has 5 heteroatoms. The van der Waals surface area contributed by atoms with Gasteiger partial charge in [-0.3, -0.25) is 4.79 Å². The number of ether oxygens (including phenoxy) is 1. The lowest BCUT2D eigenvalue weighted by atomic mass is 10.2. The Labute approximate surface area is 154 Å². The first kappa shape index (κ1) is 16.9. The second-order valence-electron chi connectivity index (χ2n) is 6.95. The Hall–Kier alpha value is -2.53. The summed E-state index contributed by atoms with van der Waals surface area (Å²) in [6.07, 6.45) is 4.51. The minimum absolute atomic E-state index is 0.0358. The number of hydrogen-bond acceptors (Lipinski definition) is 4. The Morgan fingerprint density at radius 2 is 1.62 bits per heavy atom. The SMILES string of the molecule is O=C(Nc1ccc(Oc2ccc(N3CCCC3)cc2)cc1)[C@@H]1CCCN1. The largest absolute Gasteiger partial charge is 0.457 e. The van der Waals surface area contributed by atoms with Crippen molar-refractivity contribution in [1.29, 1.82) is 0 Å². The van der Waals surface area contributed by atoms with Crippen molar-refractivity contribution in [1.82, 2.24) is 5.32 Å². The van der Waals surface area contributed by atoms with Gasteiger partial charge in [0.15, 0.2) is 0 Å². The lowest BCUT2D eigenvalue weighted by molar-refractivity contribution is -0.117. The maximum Gasteiger partial charge on any atom is 0.241 e. The van der Waals surface area contributed by atoms with Crippen LogP contribution >= 0.6 is 0 Å². The number of amides is 1. The molecular weight excluding hydrogens is 326 g/mol. The van der Waals surface area contributed by atoms with Crippen molar-refractivity contribution in [2.45, 2.75) is 31.7 Å². The van der Waals surface area contributed by atoms with E-state index >= 15 is 0 Å². The molecular formula is C21H25N3O2. The molecule has 2 fully saturated rings. The molecule has 5 nitrogen and oxygen atoms in total. The van der Waals surface area contributed by atoms with Gasteiger partial charge < -0.3 is 20.3 Å². The van der Waals surface area contributed by atoms with Gasteiger partial charge in [-0.2, -0.15) is 0 Å². The summed E-state index contributed by atoms with van der Waals surface area (Å²) >= 11 is 0. The van der Waals surface area contributed by atoms with E-state index in [0.717, 1.165) is 49.7 Å². The second kappa shape index (κ2) is 7.79. The predicted molar refractivity (Wildman–Crippen MR) is 104 cm³/mol. The highest BCUT2D eigenvalue weighted by molar-refractivity contribution is 5.95. The van der Waals surface area contributed by atoms with Crippen molar-refractivity contribution in [2.24, 2.45) is 0 Å². The first-order chi connectivity index (χ1) is 12.8. The number of nitrogens with zero attached hydrogens (tertiary/aromatic N) is 1. The van der Waals surface area contributed by atoms with Gasteiger partial charge in [0.1, 0.15) is 11.5 Å². The van der Waals surface area contributed by atoms with Crippen molar-refractivity contribution in [3.05, 3.63) is 48.5 Å². The quantitative estimate of drug-likeness (QED) is 0.861. The molecule has 2 heterocycles.